The van der Waals surface area contributed by atoms with E-state index in [2.05, 4.69) is 4.98 Å². The van der Waals surface area contributed by atoms with E-state index in [-0.39, 0.29) is 10.7 Å². The van der Waals surface area contributed by atoms with Crippen LogP contribution in [0.15, 0.2) is 12.1 Å². The maximum atomic E-state index is 10.5. The topological polar surface area (TPSA) is 30.0 Å². The number of rotatable bonds is 1. The summed E-state index contributed by atoms with van der Waals surface area (Å²) in [7, 11) is 0. The van der Waals surface area contributed by atoms with Gasteiger partial charge in [-0.2, -0.15) is 0 Å². The van der Waals surface area contributed by atoms with Gasteiger partial charge < -0.3 is 0 Å². The summed E-state index contributed by atoms with van der Waals surface area (Å²) in [4.78, 5) is 14.3. The van der Waals surface area contributed by atoms with Crippen LogP contribution < -0.4 is 0 Å². The Morgan fingerprint density at radius 1 is 1.80 bits per heavy atom. The van der Waals surface area contributed by atoms with Crippen molar-refractivity contribution in [3.05, 3.63) is 28.5 Å². The highest BCUT2D eigenvalue weighted by molar-refractivity contribution is 6.31. The average molecular weight is 157 g/mol. The van der Waals surface area contributed by atoms with Crippen molar-refractivity contribution >= 4 is 17.9 Å². The van der Waals surface area contributed by atoms with Gasteiger partial charge in [0.15, 0.2) is 6.26 Å². The number of hydrogen-bond donors (Lipinski definition) is 0. The first kappa shape index (κ1) is 5.86. The predicted octanol–water partition coefficient (Wildman–Crippen LogP) is 1.86. The molecule has 0 saturated heterocycles. The lowest BCUT2D eigenvalue weighted by Crippen LogP contribution is -1.87. The van der Waals surface area contributed by atoms with E-state index in [1.54, 1.807) is 13.0 Å². The molecule has 0 bridgehead atoms. The fourth-order valence-electron chi connectivity index (χ4n) is 0.601. The van der Waals surface area contributed by atoms with Crippen molar-refractivity contribution in [2.75, 3.05) is 0 Å². The zero-order chi connectivity index (χ0) is 8.43. The molecule has 52 valence electrons. The van der Waals surface area contributed by atoms with Crippen molar-refractivity contribution in [1.29, 1.82) is 0 Å². The zero-order valence-electron chi connectivity index (χ0n) is 6.39. The molecule has 0 aromatic carbocycles. The molecule has 0 N–H and O–H groups in total. The molecule has 0 radical (unpaired) electrons. The van der Waals surface area contributed by atoms with Gasteiger partial charge in [-0.3, -0.25) is 4.79 Å². The second-order valence-corrected chi connectivity index (χ2v) is 2.25. The Morgan fingerprint density at radius 3 is 3.00 bits per heavy atom. The molecule has 1 aromatic heterocycles. The average Bonchev–Trinajstić information content (AvgIpc) is 1.85. The number of aryl methyl sites for hydroxylation is 1. The minimum Gasteiger partial charge on any atom is -0.298 e. The Labute approximate surface area is 65.3 Å². The molecule has 10 heavy (non-hydrogen) atoms. The molecule has 0 atom stereocenters. The number of carbonyl (C=O) groups is 1. The smallest absolute Gasteiger partial charge is 0.153 e. The molecular weight excluding hydrogens is 150 g/mol. The zero-order valence-corrected chi connectivity index (χ0v) is 6.14. The maximum Gasteiger partial charge on any atom is 0.153 e. The molecule has 0 amide bonds. The van der Waals surface area contributed by atoms with Crippen molar-refractivity contribution in [1.82, 2.24) is 4.98 Å². The Bertz CT molecular complexity index is 300. The van der Waals surface area contributed by atoms with E-state index in [1.165, 1.54) is 6.07 Å². The minimum atomic E-state index is -0.803. The third-order valence-corrected chi connectivity index (χ3v) is 1.39. The molecule has 0 aliphatic heterocycles. The predicted molar refractivity (Wildman–Crippen MR) is 39.4 cm³/mol. The summed E-state index contributed by atoms with van der Waals surface area (Å²) in [6.07, 6.45) is -0.803. The van der Waals surface area contributed by atoms with Gasteiger partial charge in [-0.05, 0) is 19.1 Å². The SMILES string of the molecule is [2H]C(=O)c1ccc(C)nc1Cl. The van der Waals surface area contributed by atoms with Gasteiger partial charge >= 0.3 is 0 Å². The van der Waals surface area contributed by atoms with Crippen molar-refractivity contribution in [2.45, 2.75) is 6.92 Å². The summed E-state index contributed by atoms with van der Waals surface area (Å²) < 4.78 is 6.77. The van der Waals surface area contributed by atoms with E-state index >= 15 is 0 Å². The van der Waals surface area contributed by atoms with Gasteiger partial charge in [0.05, 0.1) is 5.56 Å². The van der Waals surface area contributed by atoms with Gasteiger partial charge in [0, 0.05) is 5.69 Å². The van der Waals surface area contributed by atoms with Crippen molar-refractivity contribution < 1.29 is 6.17 Å². The van der Waals surface area contributed by atoms with Crippen LogP contribution in [0.2, 0.25) is 5.15 Å². The van der Waals surface area contributed by atoms with Gasteiger partial charge in [-0.25, -0.2) is 4.98 Å². The third-order valence-electron chi connectivity index (χ3n) is 1.10. The van der Waals surface area contributed by atoms with E-state index < -0.39 is 6.26 Å². The Morgan fingerprint density at radius 2 is 2.50 bits per heavy atom. The molecule has 0 saturated carbocycles. The normalized spacial score (nSPS) is 10.8. The number of aromatic nitrogens is 1. The number of aldehydes is 1. The highest BCUT2D eigenvalue weighted by atomic mass is 35.5. The monoisotopic (exact) mass is 156 g/mol. The summed E-state index contributed by atoms with van der Waals surface area (Å²) in [5, 5.41) is 0.102. The van der Waals surface area contributed by atoms with Crippen LogP contribution in [0.5, 0.6) is 0 Å². The fraction of sp³-hybridized carbons (Fsp3) is 0.143. The quantitative estimate of drug-likeness (QED) is 0.459. The largest absolute Gasteiger partial charge is 0.298 e. The lowest BCUT2D eigenvalue weighted by Gasteiger charge is -1.94. The van der Waals surface area contributed by atoms with E-state index in [1.807, 2.05) is 0 Å². The molecule has 1 aromatic rings. The summed E-state index contributed by atoms with van der Waals surface area (Å²) in [5.74, 6) is 0. The van der Waals surface area contributed by atoms with Crippen LogP contribution in [0.1, 0.15) is 17.4 Å². The van der Waals surface area contributed by atoms with Gasteiger partial charge in [0.25, 0.3) is 0 Å². The number of nitrogens with zero attached hydrogens (tertiary/aromatic N) is 1. The summed E-state index contributed by atoms with van der Waals surface area (Å²) in [6, 6.07) is 3.15. The molecule has 0 unspecified atom stereocenters. The number of pyridine rings is 1. The first-order valence-corrected chi connectivity index (χ1v) is 3.13. The van der Waals surface area contributed by atoms with Crippen LogP contribution in [0.4, 0.5) is 0 Å². The summed E-state index contributed by atoms with van der Waals surface area (Å²) in [6.45, 7) is 1.77. The van der Waals surface area contributed by atoms with Crippen LogP contribution >= 0.6 is 11.6 Å². The van der Waals surface area contributed by atoms with Crippen LogP contribution in [0, 0.1) is 6.92 Å². The molecule has 0 aliphatic rings. The standard InChI is InChI=1S/C7H6ClNO/c1-5-2-3-6(4-10)7(8)9-5/h2-4H,1H3/i4D. The molecular formula is C7H6ClNO. The van der Waals surface area contributed by atoms with Gasteiger partial charge in [-0.15, -0.1) is 0 Å². The van der Waals surface area contributed by atoms with E-state index in [4.69, 9.17) is 13.0 Å². The minimum absolute atomic E-state index is 0.102. The van der Waals surface area contributed by atoms with Crippen LogP contribution in [-0.4, -0.2) is 11.2 Å². The molecule has 1 rings (SSSR count). The summed E-state index contributed by atoms with van der Waals surface area (Å²) in [5.41, 5.74) is 0.886. The first-order valence-electron chi connectivity index (χ1n) is 3.25. The van der Waals surface area contributed by atoms with E-state index in [9.17, 15) is 4.79 Å². The number of halogens is 1. The lowest BCUT2D eigenvalue weighted by atomic mass is 10.3. The van der Waals surface area contributed by atoms with Gasteiger partial charge in [0.2, 0.25) is 0 Å². The third kappa shape index (κ3) is 1.33. The Hall–Kier alpha value is -0.890. The highest BCUT2D eigenvalue weighted by Crippen LogP contribution is 2.10. The van der Waals surface area contributed by atoms with Crippen molar-refractivity contribution in [3.63, 3.8) is 0 Å². The Balaban J connectivity index is 3.20. The van der Waals surface area contributed by atoms with Crippen LogP contribution in [0.25, 0.3) is 0 Å². The number of carbonyl (C=O) groups excluding carboxylic acids is 1. The second kappa shape index (κ2) is 2.80. The second-order valence-electron chi connectivity index (χ2n) is 1.89. The summed E-state index contributed by atoms with van der Waals surface area (Å²) >= 11 is 5.57. The van der Waals surface area contributed by atoms with Crippen molar-refractivity contribution in [2.24, 2.45) is 0 Å². The van der Waals surface area contributed by atoms with E-state index in [0.29, 0.717) is 0 Å². The van der Waals surface area contributed by atoms with Gasteiger partial charge in [0.1, 0.15) is 6.52 Å². The molecule has 1 heterocycles. The molecule has 0 spiro atoms. The molecule has 2 nitrogen and oxygen atoms in total. The van der Waals surface area contributed by atoms with Crippen molar-refractivity contribution in [3.8, 4) is 0 Å². The van der Waals surface area contributed by atoms with Gasteiger partial charge in [-0.1, -0.05) is 11.6 Å². The number of hydrogen-bond acceptors (Lipinski definition) is 2. The first-order chi connectivity index (χ1) is 5.11. The van der Waals surface area contributed by atoms with Crippen LogP contribution in [-0.2, 0) is 0 Å². The fourth-order valence-corrected chi connectivity index (χ4v) is 0.836. The Kier molecular flexibility index (Phi) is 1.64. The highest BCUT2D eigenvalue weighted by Gasteiger charge is 1.97. The maximum absolute atomic E-state index is 10.5. The van der Waals surface area contributed by atoms with Crippen LogP contribution in [0.3, 0.4) is 0 Å². The molecule has 0 fully saturated rings. The van der Waals surface area contributed by atoms with E-state index in [0.717, 1.165) is 5.69 Å². The molecule has 3 heteroatoms. The molecule has 0 aliphatic carbocycles. The lowest BCUT2D eigenvalue weighted by molar-refractivity contribution is 0.112.